The summed E-state index contributed by atoms with van der Waals surface area (Å²) in [6.45, 7) is -0.503. The van der Waals surface area contributed by atoms with Crippen LogP contribution in [0.2, 0.25) is 0 Å². The molecule has 12 heavy (non-hydrogen) atoms. The first kappa shape index (κ1) is 8.61. The van der Waals surface area contributed by atoms with Crippen molar-refractivity contribution in [1.82, 2.24) is 4.98 Å². The van der Waals surface area contributed by atoms with Gasteiger partial charge in [0.2, 0.25) is 6.54 Å². The third-order valence-electron chi connectivity index (χ3n) is 1.35. The van der Waals surface area contributed by atoms with E-state index in [1.54, 1.807) is 18.2 Å². The van der Waals surface area contributed by atoms with Crippen LogP contribution >= 0.6 is 0 Å². The van der Waals surface area contributed by atoms with E-state index in [9.17, 15) is 15.2 Å². The summed E-state index contributed by atoms with van der Waals surface area (Å²) in [5, 5.41) is 19.2. The summed E-state index contributed by atoms with van der Waals surface area (Å²) in [5.74, 6) is 0. The minimum atomic E-state index is -1.11. The van der Waals surface area contributed by atoms with E-state index in [2.05, 4.69) is 4.98 Å². The van der Waals surface area contributed by atoms with Gasteiger partial charge in [-0.05, 0) is 12.1 Å². The van der Waals surface area contributed by atoms with Crippen molar-refractivity contribution in [2.45, 2.75) is 6.10 Å². The fourth-order valence-corrected chi connectivity index (χ4v) is 0.808. The third kappa shape index (κ3) is 2.28. The number of aliphatic hydroxyl groups excluding tert-OH is 1. The van der Waals surface area contributed by atoms with Crippen molar-refractivity contribution >= 4 is 0 Å². The Morgan fingerprint density at radius 2 is 2.42 bits per heavy atom. The number of aliphatic hydroxyl groups is 1. The molecule has 0 aromatic carbocycles. The van der Waals surface area contributed by atoms with Gasteiger partial charge in [0.05, 0.1) is 5.69 Å². The van der Waals surface area contributed by atoms with Crippen LogP contribution in [0.25, 0.3) is 0 Å². The molecule has 1 aromatic rings. The third-order valence-corrected chi connectivity index (χ3v) is 1.35. The average Bonchev–Trinajstić information content (AvgIpc) is 2.05. The first-order valence-corrected chi connectivity index (χ1v) is 3.41. The molecule has 5 nitrogen and oxygen atoms in total. The molecule has 0 amide bonds. The molecule has 0 aliphatic rings. The molecule has 0 unspecified atom stereocenters. The molecule has 0 fully saturated rings. The van der Waals surface area contributed by atoms with Gasteiger partial charge in [0.25, 0.3) is 0 Å². The summed E-state index contributed by atoms with van der Waals surface area (Å²) >= 11 is 0. The molecule has 0 saturated carbocycles. The van der Waals surface area contributed by atoms with Gasteiger partial charge >= 0.3 is 0 Å². The van der Waals surface area contributed by atoms with Gasteiger partial charge in [-0.2, -0.15) is 0 Å². The molecular formula is C7H8N2O3. The van der Waals surface area contributed by atoms with E-state index in [4.69, 9.17) is 0 Å². The molecule has 0 saturated heterocycles. The molecule has 0 radical (unpaired) electrons. The van der Waals surface area contributed by atoms with Gasteiger partial charge in [-0.15, -0.1) is 0 Å². The van der Waals surface area contributed by atoms with E-state index in [0.29, 0.717) is 5.69 Å². The van der Waals surface area contributed by atoms with Crippen LogP contribution in [0.3, 0.4) is 0 Å². The second kappa shape index (κ2) is 3.77. The van der Waals surface area contributed by atoms with Gasteiger partial charge in [0, 0.05) is 11.1 Å². The van der Waals surface area contributed by atoms with E-state index >= 15 is 0 Å². The van der Waals surface area contributed by atoms with Crippen LogP contribution in [0.4, 0.5) is 0 Å². The van der Waals surface area contributed by atoms with Crippen molar-refractivity contribution in [2.75, 3.05) is 6.54 Å². The first-order chi connectivity index (χ1) is 5.70. The highest BCUT2D eigenvalue weighted by atomic mass is 16.6. The van der Waals surface area contributed by atoms with Gasteiger partial charge in [0.15, 0.2) is 6.10 Å². The fraction of sp³-hybridized carbons (Fsp3) is 0.286. The van der Waals surface area contributed by atoms with Crippen LogP contribution < -0.4 is 0 Å². The number of pyridine rings is 1. The van der Waals surface area contributed by atoms with Crippen molar-refractivity contribution in [1.29, 1.82) is 0 Å². The Morgan fingerprint density at radius 3 is 2.92 bits per heavy atom. The Hall–Kier alpha value is -1.49. The maximum Gasteiger partial charge on any atom is 0.235 e. The van der Waals surface area contributed by atoms with Crippen LogP contribution in [0.15, 0.2) is 24.4 Å². The first-order valence-electron chi connectivity index (χ1n) is 3.41. The van der Waals surface area contributed by atoms with Gasteiger partial charge in [0.1, 0.15) is 0 Å². The molecule has 0 spiro atoms. The smallest absolute Gasteiger partial charge is 0.235 e. The number of hydrogen-bond donors (Lipinski definition) is 1. The molecule has 1 rings (SSSR count). The lowest BCUT2D eigenvalue weighted by molar-refractivity contribution is -0.491. The summed E-state index contributed by atoms with van der Waals surface area (Å²) < 4.78 is 0. The Bertz CT molecular complexity index is 263. The largest absolute Gasteiger partial charge is 0.380 e. The molecule has 1 heterocycles. The van der Waals surface area contributed by atoms with E-state index in [1.165, 1.54) is 6.20 Å². The number of hydrogen-bond acceptors (Lipinski definition) is 4. The van der Waals surface area contributed by atoms with Crippen molar-refractivity contribution in [3.8, 4) is 0 Å². The minimum Gasteiger partial charge on any atom is -0.380 e. The summed E-state index contributed by atoms with van der Waals surface area (Å²) in [7, 11) is 0. The van der Waals surface area contributed by atoms with Crippen molar-refractivity contribution in [3.63, 3.8) is 0 Å². The zero-order valence-electron chi connectivity index (χ0n) is 6.25. The van der Waals surface area contributed by atoms with Crippen LogP contribution in [0, 0.1) is 10.1 Å². The zero-order chi connectivity index (χ0) is 8.97. The molecule has 0 aliphatic carbocycles. The van der Waals surface area contributed by atoms with Gasteiger partial charge in [-0.3, -0.25) is 15.1 Å². The number of rotatable bonds is 3. The number of nitro groups is 1. The highest BCUT2D eigenvalue weighted by Crippen LogP contribution is 2.07. The lowest BCUT2D eigenvalue weighted by atomic mass is 10.2. The molecule has 5 heteroatoms. The van der Waals surface area contributed by atoms with Crippen LogP contribution in [-0.2, 0) is 0 Å². The zero-order valence-corrected chi connectivity index (χ0v) is 6.25. The topological polar surface area (TPSA) is 76.3 Å². The van der Waals surface area contributed by atoms with Crippen molar-refractivity contribution in [2.24, 2.45) is 0 Å². The summed E-state index contributed by atoms with van der Waals surface area (Å²) in [6.07, 6.45) is 0.375. The van der Waals surface area contributed by atoms with E-state index < -0.39 is 17.6 Å². The van der Waals surface area contributed by atoms with Crippen molar-refractivity contribution < 1.29 is 10.0 Å². The number of aromatic nitrogens is 1. The van der Waals surface area contributed by atoms with Gasteiger partial charge in [-0.25, -0.2) is 0 Å². The SMILES string of the molecule is O=[N+]([O-])C[C@@H](O)c1ccccn1. The fourth-order valence-electron chi connectivity index (χ4n) is 0.808. The molecule has 64 valence electrons. The molecular weight excluding hydrogens is 160 g/mol. The van der Waals surface area contributed by atoms with E-state index in [-0.39, 0.29) is 0 Å². The summed E-state index contributed by atoms with van der Waals surface area (Å²) in [5.41, 5.74) is 0.328. The minimum absolute atomic E-state index is 0.328. The van der Waals surface area contributed by atoms with Gasteiger partial charge in [-0.1, -0.05) is 6.07 Å². The maximum absolute atomic E-state index is 10.0. The summed E-state index contributed by atoms with van der Waals surface area (Å²) in [4.78, 5) is 13.2. The van der Waals surface area contributed by atoms with Crippen LogP contribution in [0.5, 0.6) is 0 Å². The molecule has 0 aliphatic heterocycles. The Kier molecular flexibility index (Phi) is 2.71. The highest BCUT2D eigenvalue weighted by Gasteiger charge is 2.14. The molecule has 1 atom stereocenters. The standard InChI is InChI=1S/C7H8N2O3/c10-7(5-9(11)12)6-3-1-2-4-8-6/h1-4,7,10H,5H2/t7-/m1/s1. The second-order valence-corrected chi connectivity index (χ2v) is 2.29. The number of nitrogens with zero attached hydrogens (tertiary/aromatic N) is 2. The molecule has 1 aromatic heterocycles. The lowest BCUT2D eigenvalue weighted by Crippen LogP contribution is -2.12. The lowest BCUT2D eigenvalue weighted by Gasteiger charge is -2.03. The monoisotopic (exact) mass is 168 g/mol. The predicted octanol–water partition coefficient (Wildman–Crippen LogP) is 0.392. The predicted molar refractivity (Wildman–Crippen MR) is 41.1 cm³/mol. The van der Waals surface area contributed by atoms with Crippen LogP contribution in [-0.4, -0.2) is 21.6 Å². The normalized spacial score (nSPS) is 12.4. The second-order valence-electron chi connectivity index (χ2n) is 2.29. The van der Waals surface area contributed by atoms with E-state index in [0.717, 1.165) is 0 Å². The Balaban J connectivity index is 2.65. The highest BCUT2D eigenvalue weighted by molar-refractivity contribution is 5.06. The average molecular weight is 168 g/mol. The molecule has 0 bridgehead atoms. The van der Waals surface area contributed by atoms with E-state index in [1.807, 2.05) is 0 Å². The van der Waals surface area contributed by atoms with Crippen LogP contribution in [0.1, 0.15) is 11.8 Å². The molecule has 1 N–H and O–H groups in total. The maximum atomic E-state index is 10.0. The van der Waals surface area contributed by atoms with Gasteiger partial charge < -0.3 is 5.11 Å². The summed E-state index contributed by atoms with van der Waals surface area (Å²) in [6, 6.07) is 4.90. The van der Waals surface area contributed by atoms with Crippen molar-refractivity contribution in [3.05, 3.63) is 40.2 Å². The Morgan fingerprint density at radius 1 is 1.67 bits per heavy atom. The Labute approximate surface area is 68.8 Å². The quantitative estimate of drug-likeness (QED) is 0.523.